The molecule has 3 rings (SSSR count). The maximum Gasteiger partial charge on any atom is 0.227 e. The number of nitrogens with zero attached hydrogens (tertiary/aromatic N) is 1. The number of amides is 2. The van der Waals surface area contributed by atoms with E-state index >= 15 is 0 Å². The summed E-state index contributed by atoms with van der Waals surface area (Å²) < 4.78 is 6.45. The van der Waals surface area contributed by atoms with Gasteiger partial charge in [-0.3, -0.25) is 9.59 Å². The molecule has 2 aromatic carbocycles. The van der Waals surface area contributed by atoms with E-state index in [9.17, 15) is 9.59 Å². The lowest BCUT2D eigenvalue weighted by atomic mass is 10.1. The number of hydrogen-bond donors (Lipinski definition) is 1. The third-order valence-corrected chi connectivity index (χ3v) is 4.52. The summed E-state index contributed by atoms with van der Waals surface area (Å²) in [5, 5.41) is 2.85. The highest BCUT2D eigenvalue weighted by molar-refractivity contribution is 9.10. The first-order valence-corrected chi connectivity index (χ1v) is 8.94. The SMILES string of the molecule is O=C(NCCOc1ccccc1)C1CC(=O)N(c2cccc(Br)c2)C1. The van der Waals surface area contributed by atoms with Crippen molar-refractivity contribution in [1.29, 1.82) is 0 Å². The van der Waals surface area contributed by atoms with Crippen LogP contribution in [0.5, 0.6) is 5.75 Å². The van der Waals surface area contributed by atoms with Crippen LogP contribution in [0.3, 0.4) is 0 Å². The van der Waals surface area contributed by atoms with Crippen LogP contribution in [0.1, 0.15) is 6.42 Å². The van der Waals surface area contributed by atoms with Crippen LogP contribution in [0.2, 0.25) is 0 Å². The van der Waals surface area contributed by atoms with Crippen molar-refractivity contribution in [2.24, 2.45) is 5.92 Å². The van der Waals surface area contributed by atoms with E-state index in [1.165, 1.54) is 0 Å². The van der Waals surface area contributed by atoms with Gasteiger partial charge in [0.2, 0.25) is 11.8 Å². The maximum atomic E-state index is 12.3. The first kappa shape index (κ1) is 17.5. The standard InChI is InChI=1S/C19H19BrN2O3/c20-15-5-4-6-16(12-15)22-13-14(11-18(22)23)19(24)21-9-10-25-17-7-2-1-3-8-17/h1-8,12,14H,9-11,13H2,(H,21,24). The largest absolute Gasteiger partial charge is 0.492 e. The number of para-hydroxylation sites is 1. The lowest BCUT2D eigenvalue weighted by Gasteiger charge is -2.17. The summed E-state index contributed by atoms with van der Waals surface area (Å²) in [5.74, 6) is 0.304. The molecule has 1 aliphatic rings. The highest BCUT2D eigenvalue weighted by Gasteiger charge is 2.34. The van der Waals surface area contributed by atoms with Crippen molar-refractivity contribution >= 4 is 33.4 Å². The Labute approximate surface area is 155 Å². The fourth-order valence-electron chi connectivity index (χ4n) is 2.78. The highest BCUT2D eigenvalue weighted by Crippen LogP contribution is 2.27. The van der Waals surface area contributed by atoms with Crippen LogP contribution >= 0.6 is 15.9 Å². The number of ether oxygens (including phenoxy) is 1. The van der Waals surface area contributed by atoms with Crippen LogP contribution < -0.4 is 15.0 Å². The van der Waals surface area contributed by atoms with E-state index in [2.05, 4.69) is 21.2 Å². The summed E-state index contributed by atoms with van der Waals surface area (Å²) in [6, 6.07) is 17.0. The fourth-order valence-corrected chi connectivity index (χ4v) is 3.17. The van der Waals surface area contributed by atoms with Gasteiger partial charge in [0.25, 0.3) is 0 Å². The molecule has 0 spiro atoms. The summed E-state index contributed by atoms with van der Waals surface area (Å²) >= 11 is 3.40. The van der Waals surface area contributed by atoms with Crippen molar-refractivity contribution in [2.75, 3.05) is 24.6 Å². The molecule has 0 aliphatic carbocycles. The molecule has 1 aliphatic heterocycles. The van der Waals surface area contributed by atoms with Crippen molar-refractivity contribution in [2.45, 2.75) is 6.42 Å². The summed E-state index contributed by atoms with van der Waals surface area (Å²) in [4.78, 5) is 26.2. The number of carbonyl (C=O) groups is 2. The molecule has 2 aromatic rings. The molecule has 0 saturated carbocycles. The predicted octanol–water partition coefficient (Wildman–Crippen LogP) is 3.00. The Balaban J connectivity index is 1.47. The normalized spacial score (nSPS) is 16.8. The number of nitrogens with one attached hydrogen (secondary N) is 1. The lowest BCUT2D eigenvalue weighted by molar-refractivity contribution is -0.126. The molecule has 0 bridgehead atoms. The summed E-state index contributed by atoms with van der Waals surface area (Å²) in [5.41, 5.74) is 0.807. The van der Waals surface area contributed by atoms with Gasteiger partial charge in [-0.05, 0) is 30.3 Å². The van der Waals surface area contributed by atoms with Crippen LogP contribution in [-0.2, 0) is 9.59 Å². The molecular weight excluding hydrogens is 384 g/mol. The minimum absolute atomic E-state index is 0.0289. The number of carbonyl (C=O) groups excluding carboxylic acids is 2. The Morgan fingerprint density at radius 3 is 2.76 bits per heavy atom. The summed E-state index contributed by atoms with van der Waals surface area (Å²) in [6.07, 6.45) is 0.234. The van der Waals surface area contributed by atoms with Gasteiger partial charge in [-0.2, -0.15) is 0 Å². The molecule has 1 heterocycles. The molecule has 130 valence electrons. The Morgan fingerprint density at radius 2 is 2.00 bits per heavy atom. The number of halogens is 1. The zero-order valence-electron chi connectivity index (χ0n) is 13.7. The van der Waals surface area contributed by atoms with E-state index in [1.807, 2.05) is 54.6 Å². The molecule has 1 saturated heterocycles. The average Bonchev–Trinajstić information content (AvgIpc) is 3.01. The monoisotopic (exact) mass is 402 g/mol. The minimum atomic E-state index is -0.330. The van der Waals surface area contributed by atoms with Gasteiger partial charge in [-0.25, -0.2) is 0 Å². The van der Waals surface area contributed by atoms with E-state index in [1.54, 1.807) is 4.90 Å². The first-order chi connectivity index (χ1) is 12.1. The van der Waals surface area contributed by atoms with Crippen molar-refractivity contribution in [1.82, 2.24) is 5.32 Å². The second kappa shape index (κ2) is 8.16. The lowest BCUT2D eigenvalue weighted by Crippen LogP contribution is -2.35. The quantitative estimate of drug-likeness (QED) is 0.755. The molecule has 1 unspecified atom stereocenters. The zero-order chi connectivity index (χ0) is 17.6. The molecule has 6 heteroatoms. The van der Waals surface area contributed by atoms with Gasteiger partial charge < -0.3 is 15.0 Å². The van der Waals surface area contributed by atoms with E-state index in [4.69, 9.17) is 4.74 Å². The van der Waals surface area contributed by atoms with Gasteiger partial charge >= 0.3 is 0 Å². The number of anilines is 1. The zero-order valence-corrected chi connectivity index (χ0v) is 15.2. The molecule has 1 atom stereocenters. The maximum absolute atomic E-state index is 12.3. The molecule has 1 fully saturated rings. The van der Waals surface area contributed by atoms with Crippen LogP contribution in [0, 0.1) is 5.92 Å². The van der Waals surface area contributed by atoms with Gasteiger partial charge in [0.15, 0.2) is 0 Å². The van der Waals surface area contributed by atoms with Crippen LogP contribution in [0.15, 0.2) is 59.1 Å². The molecular formula is C19H19BrN2O3. The Bertz CT molecular complexity index is 751. The Morgan fingerprint density at radius 1 is 1.20 bits per heavy atom. The number of rotatable bonds is 6. The summed E-state index contributed by atoms with van der Waals surface area (Å²) in [6.45, 7) is 1.21. The van der Waals surface area contributed by atoms with Crippen LogP contribution in [0.25, 0.3) is 0 Å². The molecule has 0 aromatic heterocycles. The molecule has 1 N–H and O–H groups in total. The predicted molar refractivity (Wildman–Crippen MR) is 99.5 cm³/mol. The van der Waals surface area contributed by atoms with Crippen molar-refractivity contribution < 1.29 is 14.3 Å². The van der Waals surface area contributed by atoms with E-state index in [0.29, 0.717) is 19.7 Å². The number of benzene rings is 2. The van der Waals surface area contributed by atoms with E-state index in [-0.39, 0.29) is 24.2 Å². The van der Waals surface area contributed by atoms with E-state index in [0.717, 1.165) is 15.9 Å². The van der Waals surface area contributed by atoms with Crippen molar-refractivity contribution in [3.63, 3.8) is 0 Å². The smallest absolute Gasteiger partial charge is 0.227 e. The van der Waals surface area contributed by atoms with Gasteiger partial charge in [0, 0.05) is 23.1 Å². The van der Waals surface area contributed by atoms with Crippen LogP contribution in [0.4, 0.5) is 5.69 Å². The van der Waals surface area contributed by atoms with E-state index < -0.39 is 0 Å². The third-order valence-electron chi connectivity index (χ3n) is 4.03. The van der Waals surface area contributed by atoms with Crippen molar-refractivity contribution in [3.8, 4) is 5.75 Å². The van der Waals surface area contributed by atoms with Gasteiger partial charge in [0.05, 0.1) is 12.5 Å². The van der Waals surface area contributed by atoms with Crippen molar-refractivity contribution in [3.05, 3.63) is 59.1 Å². The average molecular weight is 403 g/mol. The highest BCUT2D eigenvalue weighted by atomic mass is 79.9. The molecule has 0 radical (unpaired) electrons. The Kier molecular flexibility index (Phi) is 5.71. The molecule has 25 heavy (non-hydrogen) atoms. The Hall–Kier alpha value is -2.34. The van der Waals surface area contributed by atoms with Gasteiger partial charge in [-0.1, -0.05) is 40.2 Å². The second-order valence-corrected chi connectivity index (χ2v) is 6.75. The van der Waals surface area contributed by atoms with Crippen LogP contribution in [-0.4, -0.2) is 31.5 Å². The second-order valence-electron chi connectivity index (χ2n) is 5.84. The summed E-state index contributed by atoms with van der Waals surface area (Å²) in [7, 11) is 0. The van der Waals surface area contributed by atoms with Gasteiger partial charge in [-0.15, -0.1) is 0 Å². The molecule has 2 amide bonds. The molecule has 5 nitrogen and oxygen atoms in total. The first-order valence-electron chi connectivity index (χ1n) is 8.15. The minimum Gasteiger partial charge on any atom is -0.492 e. The number of hydrogen-bond acceptors (Lipinski definition) is 3. The fraction of sp³-hybridized carbons (Fsp3) is 0.263. The topological polar surface area (TPSA) is 58.6 Å². The third kappa shape index (κ3) is 4.60. The van der Waals surface area contributed by atoms with Gasteiger partial charge in [0.1, 0.15) is 12.4 Å².